The van der Waals surface area contributed by atoms with Gasteiger partial charge in [0.05, 0.1) is 18.4 Å². The molecule has 1 aliphatic rings. The van der Waals surface area contributed by atoms with Crippen LogP contribution in [0.2, 0.25) is 0 Å². The van der Waals surface area contributed by atoms with Gasteiger partial charge in [-0.1, -0.05) is 12.1 Å². The van der Waals surface area contributed by atoms with Gasteiger partial charge in [-0.05, 0) is 29.7 Å². The lowest BCUT2D eigenvalue weighted by Crippen LogP contribution is -2.04. The van der Waals surface area contributed by atoms with E-state index in [1.54, 1.807) is 0 Å². The molecule has 102 valence electrons. The van der Waals surface area contributed by atoms with Gasteiger partial charge in [0.1, 0.15) is 5.75 Å². The molecule has 0 bridgehead atoms. The Hall–Kier alpha value is -2.23. The number of benzene rings is 1. The Morgan fingerprint density at radius 1 is 1.35 bits per heavy atom. The minimum Gasteiger partial charge on any atom is -0.493 e. The molecule has 0 unspecified atom stereocenters. The SMILES string of the molecule is O=C(CCc1ccc2c(c1)CCO2)c1ccncc1F. The first-order valence-corrected chi connectivity index (χ1v) is 6.61. The van der Waals surface area contributed by atoms with Crippen molar-refractivity contribution in [3.63, 3.8) is 0 Å². The van der Waals surface area contributed by atoms with E-state index < -0.39 is 5.82 Å². The molecular weight excluding hydrogens is 257 g/mol. The van der Waals surface area contributed by atoms with Crippen LogP contribution in [-0.2, 0) is 12.8 Å². The number of hydrogen-bond donors (Lipinski definition) is 0. The van der Waals surface area contributed by atoms with Gasteiger partial charge >= 0.3 is 0 Å². The first-order valence-electron chi connectivity index (χ1n) is 6.61. The maximum absolute atomic E-state index is 13.4. The number of Topliss-reactive ketones (excluding diaryl/α,β-unsaturated/α-hetero) is 1. The summed E-state index contributed by atoms with van der Waals surface area (Å²) in [5.41, 5.74) is 2.38. The molecule has 2 aromatic rings. The number of fused-ring (bicyclic) bond motifs is 1. The van der Waals surface area contributed by atoms with Crippen molar-refractivity contribution in [3.05, 3.63) is 59.2 Å². The highest BCUT2D eigenvalue weighted by Crippen LogP contribution is 2.26. The summed E-state index contributed by atoms with van der Waals surface area (Å²) in [6.45, 7) is 0.722. The van der Waals surface area contributed by atoms with Crippen LogP contribution in [0.1, 0.15) is 27.9 Å². The Balaban J connectivity index is 1.68. The van der Waals surface area contributed by atoms with Crippen LogP contribution in [0.5, 0.6) is 5.75 Å². The predicted molar refractivity (Wildman–Crippen MR) is 72.5 cm³/mol. The van der Waals surface area contributed by atoms with Crippen molar-refractivity contribution in [2.24, 2.45) is 0 Å². The number of ketones is 1. The predicted octanol–water partition coefficient (Wildman–Crippen LogP) is 2.97. The highest BCUT2D eigenvalue weighted by molar-refractivity contribution is 5.96. The molecule has 1 aromatic heterocycles. The highest BCUT2D eigenvalue weighted by Gasteiger charge is 2.14. The Morgan fingerprint density at radius 3 is 3.10 bits per heavy atom. The fourth-order valence-corrected chi connectivity index (χ4v) is 2.39. The first-order chi connectivity index (χ1) is 9.74. The molecule has 2 heterocycles. The second kappa shape index (κ2) is 5.41. The van der Waals surface area contributed by atoms with Crippen LogP contribution in [0, 0.1) is 5.82 Å². The third-order valence-corrected chi connectivity index (χ3v) is 3.47. The van der Waals surface area contributed by atoms with E-state index in [-0.39, 0.29) is 11.3 Å². The zero-order chi connectivity index (χ0) is 13.9. The summed E-state index contributed by atoms with van der Waals surface area (Å²) in [7, 11) is 0. The van der Waals surface area contributed by atoms with Gasteiger partial charge < -0.3 is 4.74 Å². The number of aromatic nitrogens is 1. The molecule has 0 radical (unpaired) electrons. The minimum absolute atomic E-state index is 0.115. The molecule has 0 spiro atoms. The van der Waals surface area contributed by atoms with Gasteiger partial charge in [-0.3, -0.25) is 9.78 Å². The highest BCUT2D eigenvalue weighted by atomic mass is 19.1. The number of carbonyl (C=O) groups excluding carboxylic acids is 1. The van der Waals surface area contributed by atoms with Crippen molar-refractivity contribution < 1.29 is 13.9 Å². The monoisotopic (exact) mass is 271 g/mol. The maximum Gasteiger partial charge on any atom is 0.166 e. The third-order valence-electron chi connectivity index (χ3n) is 3.47. The number of nitrogens with zero attached hydrogens (tertiary/aromatic N) is 1. The number of carbonyl (C=O) groups is 1. The van der Waals surface area contributed by atoms with Gasteiger partial charge in [0.25, 0.3) is 0 Å². The average molecular weight is 271 g/mol. The summed E-state index contributed by atoms with van der Waals surface area (Å²) >= 11 is 0. The molecule has 20 heavy (non-hydrogen) atoms. The maximum atomic E-state index is 13.4. The zero-order valence-corrected chi connectivity index (χ0v) is 10.9. The summed E-state index contributed by atoms with van der Waals surface area (Å²) in [5.74, 6) is 0.182. The van der Waals surface area contributed by atoms with Crippen molar-refractivity contribution >= 4 is 5.78 Å². The van der Waals surface area contributed by atoms with Gasteiger partial charge in [-0.2, -0.15) is 0 Å². The van der Waals surface area contributed by atoms with E-state index in [1.807, 2.05) is 12.1 Å². The number of aryl methyl sites for hydroxylation is 1. The van der Waals surface area contributed by atoms with Gasteiger partial charge in [0.15, 0.2) is 11.6 Å². The Morgan fingerprint density at radius 2 is 2.25 bits per heavy atom. The quantitative estimate of drug-likeness (QED) is 0.802. The molecule has 0 aliphatic carbocycles. The van der Waals surface area contributed by atoms with E-state index in [1.165, 1.54) is 17.8 Å². The van der Waals surface area contributed by atoms with Gasteiger partial charge in [0.2, 0.25) is 0 Å². The van der Waals surface area contributed by atoms with Crippen LogP contribution in [-0.4, -0.2) is 17.4 Å². The van der Waals surface area contributed by atoms with Gasteiger partial charge in [-0.15, -0.1) is 0 Å². The number of halogens is 1. The summed E-state index contributed by atoms with van der Waals surface area (Å²) in [6.07, 6.45) is 4.31. The summed E-state index contributed by atoms with van der Waals surface area (Å²) in [6, 6.07) is 7.39. The molecule has 4 heteroatoms. The van der Waals surface area contributed by atoms with E-state index in [4.69, 9.17) is 4.74 Å². The topological polar surface area (TPSA) is 39.2 Å². The van der Waals surface area contributed by atoms with Crippen molar-refractivity contribution in [3.8, 4) is 5.75 Å². The van der Waals surface area contributed by atoms with E-state index >= 15 is 0 Å². The number of pyridine rings is 1. The summed E-state index contributed by atoms with van der Waals surface area (Å²) < 4.78 is 18.9. The zero-order valence-electron chi connectivity index (χ0n) is 10.9. The van der Waals surface area contributed by atoms with Crippen LogP contribution in [0.15, 0.2) is 36.7 Å². The van der Waals surface area contributed by atoms with Crippen LogP contribution >= 0.6 is 0 Å². The average Bonchev–Trinajstić information content (AvgIpc) is 2.92. The normalized spacial score (nSPS) is 12.8. The largest absolute Gasteiger partial charge is 0.493 e. The van der Waals surface area contributed by atoms with E-state index in [2.05, 4.69) is 11.1 Å². The molecule has 3 nitrogen and oxygen atoms in total. The van der Waals surface area contributed by atoms with Crippen molar-refractivity contribution in [1.29, 1.82) is 0 Å². The summed E-state index contributed by atoms with van der Waals surface area (Å²) in [5, 5.41) is 0. The van der Waals surface area contributed by atoms with Crippen molar-refractivity contribution in [2.75, 3.05) is 6.61 Å². The molecular formula is C16H14FNO2. The molecule has 0 saturated heterocycles. The van der Waals surface area contributed by atoms with Crippen LogP contribution < -0.4 is 4.74 Å². The van der Waals surface area contributed by atoms with Gasteiger partial charge in [0, 0.05) is 19.0 Å². The molecule has 1 aromatic carbocycles. The molecule has 3 rings (SSSR count). The molecule has 0 amide bonds. The fraction of sp³-hybridized carbons (Fsp3) is 0.250. The van der Waals surface area contributed by atoms with E-state index in [0.29, 0.717) is 12.8 Å². The second-order valence-corrected chi connectivity index (χ2v) is 4.82. The second-order valence-electron chi connectivity index (χ2n) is 4.82. The van der Waals surface area contributed by atoms with E-state index in [0.717, 1.165) is 30.5 Å². The number of rotatable bonds is 4. The minimum atomic E-state index is -0.556. The number of ether oxygens (including phenoxy) is 1. The number of hydrogen-bond acceptors (Lipinski definition) is 3. The molecule has 0 fully saturated rings. The van der Waals surface area contributed by atoms with E-state index in [9.17, 15) is 9.18 Å². The summed E-state index contributed by atoms with van der Waals surface area (Å²) in [4.78, 5) is 15.6. The van der Waals surface area contributed by atoms with Crippen LogP contribution in [0.25, 0.3) is 0 Å². The van der Waals surface area contributed by atoms with Crippen molar-refractivity contribution in [1.82, 2.24) is 4.98 Å². The van der Waals surface area contributed by atoms with Gasteiger partial charge in [-0.25, -0.2) is 4.39 Å². The Bertz CT molecular complexity index is 655. The Kier molecular flexibility index (Phi) is 3.46. The lowest BCUT2D eigenvalue weighted by molar-refractivity contribution is 0.0978. The third kappa shape index (κ3) is 2.54. The fourth-order valence-electron chi connectivity index (χ4n) is 2.39. The lowest BCUT2D eigenvalue weighted by atomic mass is 10.0. The standard InChI is InChI=1S/C16H14FNO2/c17-14-10-18-7-5-13(14)15(19)3-1-11-2-4-16-12(9-11)6-8-20-16/h2,4-5,7,9-10H,1,3,6,8H2. The van der Waals surface area contributed by atoms with Crippen LogP contribution in [0.3, 0.4) is 0 Å². The molecule has 0 saturated carbocycles. The molecule has 1 aliphatic heterocycles. The lowest BCUT2D eigenvalue weighted by Gasteiger charge is -2.05. The smallest absolute Gasteiger partial charge is 0.166 e. The molecule has 0 atom stereocenters. The van der Waals surface area contributed by atoms with Crippen LogP contribution in [0.4, 0.5) is 4.39 Å². The molecule has 0 N–H and O–H groups in total. The van der Waals surface area contributed by atoms with Crippen molar-refractivity contribution in [2.45, 2.75) is 19.3 Å². The Labute approximate surface area is 116 Å². The first kappa shape index (κ1) is 12.8.